The molecule has 8 heteroatoms. The van der Waals surface area contributed by atoms with Crippen molar-refractivity contribution in [2.45, 2.75) is 19.4 Å². The average molecular weight is 276 g/mol. The molecule has 0 saturated heterocycles. The molecule has 110 valence electrons. The van der Waals surface area contributed by atoms with Gasteiger partial charge in [-0.1, -0.05) is 0 Å². The Hall–Kier alpha value is -1.67. The van der Waals surface area contributed by atoms with Crippen molar-refractivity contribution in [1.82, 2.24) is 9.80 Å². The van der Waals surface area contributed by atoms with Crippen LogP contribution >= 0.6 is 0 Å². The summed E-state index contributed by atoms with van der Waals surface area (Å²) < 4.78 is 0. The van der Waals surface area contributed by atoms with Crippen LogP contribution in [0.25, 0.3) is 0 Å². The minimum Gasteiger partial charge on any atom is -0.480 e. The van der Waals surface area contributed by atoms with E-state index in [-0.39, 0.29) is 19.6 Å². The lowest BCUT2D eigenvalue weighted by molar-refractivity contribution is -0.142. The second kappa shape index (κ2) is 8.44. The van der Waals surface area contributed by atoms with E-state index in [2.05, 4.69) is 0 Å². The zero-order valence-corrected chi connectivity index (χ0v) is 11.1. The molecule has 0 aromatic heterocycles. The summed E-state index contributed by atoms with van der Waals surface area (Å²) in [4.78, 5) is 34.8. The van der Waals surface area contributed by atoms with E-state index in [4.69, 9.17) is 15.3 Å². The monoisotopic (exact) mass is 276 g/mol. The van der Waals surface area contributed by atoms with E-state index in [0.717, 1.165) is 0 Å². The summed E-state index contributed by atoms with van der Waals surface area (Å²) in [7, 11) is 1.65. The van der Waals surface area contributed by atoms with E-state index >= 15 is 0 Å². The summed E-state index contributed by atoms with van der Waals surface area (Å²) in [5.74, 6) is -3.11. The first-order chi connectivity index (χ1) is 8.73. The molecule has 0 aromatic carbocycles. The van der Waals surface area contributed by atoms with Crippen LogP contribution in [0.1, 0.15) is 13.3 Å². The number of carbonyl (C=O) groups is 3. The Morgan fingerprint density at radius 2 is 1.47 bits per heavy atom. The van der Waals surface area contributed by atoms with Gasteiger partial charge in [0.1, 0.15) is 6.04 Å². The molecule has 0 aromatic rings. The summed E-state index contributed by atoms with van der Waals surface area (Å²) in [5.41, 5.74) is 0. The minimum absolute atomic E-state index is 0.287. The Labute approximate surface area is 111 Å². The molecule has 0 aliphatic rings. The highest BCUT2D eigenvalue weighted by atomic mass is 16.4. The molecular formula is C11H20N2O6. The third kappa shape index (κ3) is 8.11. The van der Waals surface area contributed by atoms with Gasteiger partial charge in [0.05, 0.1) is 13.1 Å². The zero-order valence-electron chi connectivity index (χ0n) is 11.1. The number of likely N-dealkylation sites (N-methyl/N-ethyl adjacent to an activating group) is 1. The summed E-state index contributed by atoms with van der Waals surface area (Å²) in [6.07, 6.45) is 0.495. The molecule has 0 amide bonds. The number of aliphatic carboxylic acids is 3. The van der Waals surface area contributed by atoms with Crippen molar-refractivity contribution in [1.29, 1.82) is 0 Å². The lowest BCUT2D eigenvalue weighted by Crippen LogP contribution is -2.39. The normalized spacial score (nSPS) is 12.6. The second-order valence-corrected chi connectivity index (χ2v) is 4.35. The highest BCUT2D eigenvalue weighted by Gasteiger charge is 2.17. The first kappa shape index (κ1) is 17.3. The summed E-state index contributed by atoms with van der Waals surface area (Å²) in [6, 6.07) is -0.632. The van der Waals surface area contributed by atoms with Gasteiger partial charge in [0.2, 0.25) is 0 Å². The second-order valence-electron chi connectivity index (χ2n) is 4.35. The van der Waals surface area contributed by atoms with Gasteiger partial charge in [0.25, 0.3) is 0 Å². The number of carboxylic acids is 3. The molecule has 0 radical (unpaired) electrons. The standard InChI is InChI=1S/C11H20N2O6/c1-8(11(18)19)12(2)4-3-5-13(6-9(14)15)7-10(16)17/h8H,3-7H2,1-2H3,(H,14,15)(H,16,17)(H,18,19)/t8-/m0/s1. The van der Waals surface area contributed by atoms with Crippen molar-refractivity contribution < 1.29 is 29.7 Å². The van der Waals surface area contributed by atoms with Crippen molar-refractivity contribution in [2.75, 3.05) is 33.2 Å². The molecule has 0 bridgehead atoms. The minimum atomic E-state index is -1.09. The van der Waals surface area contributed by atoms with Gasteiger partial charge in [-0.25, -0.2) is 0 Å². The van der Waals surface area contributed by atoms with Crippen LogP contribution in [0.4, 0.5) is 0 Å². The van der Waals surface area contributed by atoms with Gasteiger partial charge in [0, 0.05) is 6.54 Å². The van der Waals surface area contributed by atoms with Crippen LogP contribution in [0.3, 0.4) is 0 Å². The number of nitrogens with zero attached hydrogens (tertiary/aromatic N) is 2. The summed E-state index contributed by atoms with van der Waals surface area (Å²) in [6.45, 7) is 1.60. The Bertz CT molecular complexity index is 317. The molecule has 0 aliphatic carbocycles. The molecule has 0 rings (SSSR count). The van der Waals surface area contributed by atoms with E-state index in [1.165, 1.54) is 4.90 Å². The van der Waals surface area contributed by atoms with Crippen LogP contribution in [0.5, 0.6) is 0 Å². The van der Waals surface area contributed by atoms with Crippen molar-refractivity contribution in [3.63, 3.8) is 0 Å². The fraction of sp³-hybridized carbons (Fsp3) is 0.727. The van der Waals surface area contributed by atoms with Crippen LogP contribution in [0, 0.1) is 0 Å². The fourth-order valence-corrected chi connectivity index (χ4v) is 1.52. The van der Waals surface area contributed by atoms with Gasteiger partial charge in [-0.15, -0.1) is 0 Å². The molecular weight excluding hydrogens is 256 g/mol. The van der Waals surface area contributed by atoms with Crippen LogP contribution in [-0.4, -0.2) is 82.3 Å². The van der Waals surface area contributed by atoms with Gasteiger partial charge in [-0.05, 0) is 26.9 Å². The first-order valence-electron chi connectivity index (χ1n) is 5.83. The number of rotatable bonds is 10. The van der Waals surface area contributed by atoms with Crippen LogP contribution in [-0.2, 0) is 14.4 Å². The first-order valence-corrected chi connectivity index (χ1v) is 5.83. The van der Waals surface area contributed by atoms with E-state index < -0.39 is 23.9 Å². The smallest absolute Gasteiger partial charge is 0.320 e. The summed E-state index contributed by atoms with van der Waals surface area (Å²) in [5, 5.41) is 26.1. The predicted molar refractivity (Wildman–Crippen MR) is 66.1 cm³/mol. The highest BCUT2D eigenvalue weighted by molar-refractivity contribution is 5.73. The molecule has 3 N–H and O–H groups in total. The van der Waals surface area contributed by atoms with E-state index in [0.29, 0.717) is 13.0 Å². The molecule has 0 fully saturated rings. The topological polar surface area (TPSA) is 118 Å². The fourth-order valence-electron chi connectivity index (χ4n) is 1.52. The predicted octanol–water partition coefficient (Wildman–Crippen LogP) is -0.747. The lowest BCUT2D eigenvalue weighted by Gasteiger charge is -2.23. The number of hydrogen-bond acceptors (Lipinski definition) is 5. The average Bonchev–Trinajstić information content (AvgIpc) is 2.25. The van der Waals surface area contributed by atoms with Crippen molar-refractivity contribution in [2.24, 2.45) is 0 Å². The van der Waals surface area contributed by atoms with Gasteiger partial charge in [-0.3, -0.25) is 24.2 Å². The molecule has 1 atom stereocenters. The van der Waals surface area contributed by atoms with Gasteiger partial charge in [-0.2, -0.15) is 0 Å². The molecule has 0 saturated carbocycles. The highest BCUT2D eigenvalue weighted by Crippen LogP contribution is 1.99. The van der Waals surface area contributed by atoms with Crippen LogP contribution in [0.15, 0.2) is 0 Å². The zero-order chi connectivity index (χ0) is 15.0. The quantitative estimate of drug-likeness (QED) is 0.477. The Morgan fingerprint density at radius 3 is 1.84 bits per heavy atom. The number of carboxylic acid groups (broad SMARTS) is 3. The SMILES string of the molecule is C[C@@H](C(=O)O)N(C)CCCN(CC(=O)O)CC(=O)O. The third-order valence-electron chi connectivity index (χ3n) is 2.72. The van der Waals surface area contributed by atoms with Crippen LogP contribution in [0.2, 0.25) is 0 Å². The maximum absolute atomic E-state index is 10.7. The molecule has 0 unspecified atom stereocenters. The van der Waals surface area contributed by atoms with Gasteiger partial charge in [0.15, 0.2) is 0 Å². The van der Waals surface area contributed by atoms with Crippen molar-refractivity contribution in [3.05, 3.63) is 0 Å². The van der Waals surface area contributed by atoms with Crippen molar-refractivity contribution >= 4 is 17.9 Å². The Morgan fingerprint density at radius 1 is 1.00 bits per heavy atom. The maximum atomic E-state index is 10.7. The van der Waals surface area contributed by atoms with Gasteiger partial charge < -0.3 is 15.3 Å². The molecule has 19 heavy (non-hydrogen) atoms. The third-order valence-corrected chi connectivity index (χ3v) is 2.72. The molecule has 0 heterocycles. The Balaban J connectivity index is 4.14. The number of hydrogen-bond donors (Lipinski definition) is 3. The lowest BCUT2D eigenvalue weighted by atomic mass is 10.2. The Kier molecular flexibility index (Phi) is 7.69. The van der Waals surface area contributed by atoms with Gasteiger partial charge >= 0.3 is 17.9 Å². The molecule has 8 nitrogen and oxygen atoms in total. The van der Waals surface area contributed by atoms with E-state index in [1.54, 1.807) is 18.9 Å². The van der Waals surface area contributed by atoms with E-state index in [1.807, 2.05) is 0 Å². The molecule has 0 aliphatic heterocycles. The van der Waals surface area contributed by atoms with Crippen molar-refractivity contribution in [3.8, 4) is 0 Å². The molecule has 0 spiro atoms. The summed E-state index contributed by atoms with van der Waals surface area (Å²) >= 11 is 0. The largest absolute Gasteiger partial charge is 0.480 e. The maximum Gasteiger partial charge on any atom is 0.320 e. The van der Waals surface area contributed by atoms with E-state index in [9.17, 15) is 14.4 Å². The van der Waals surface area contributed by atoms with Crippen LogP contribution < -0.4 is 0 Å².